The lowest BCUT2D eigenvalue weighted by Crippen LogP contribution is -2.08. The smallest absolute Gasteiger partial charge is 0.212 e. The number of thiazole rings is 1. The fourth-order valence-electron chi connectivity index (χ4n) is 2.07. The zero-order valence-corrected chi connectivity index (χ0v) is 15.1. The van der Waals surface area contributed by atoms with Gasteiger partial charge in [-0.25, -0.2) is 9.38 Å². The van der Waals surface area contributed by atoms with Crippen LogP contribution in [0.1, 0.15) is 10.4 Å². The third kappa shape index (κ3) is 3.97. The molecule has 7 heteroatoms. The zero-order chi connectivity index (χ0) is 18.0. The summed E-state index contributed by atoms with van der Waals surface area (Å²) in [5.41, 5.74) is 2.28. The number of rotatable bonds is 3. The minimum atomic E-state index is -0.318. The first-order valence-electron chi connectivity index (χ1n) is 7.43. The molecule has 0 unspecified atom stereocenters. The van der Waals surface area contributed by atoms with Crippen molar-refractivity contribution in [2.45, 2.75) is 6.92 Å². The molecule has 0 amide bonds. The minimum Gasteiger partial charge on any atom is -0.493 e. The molecule has 0 aliphatic heterocycles. The van der Waals surface area contributed by atoms with Gasteiger partial charge in [0.1, 0.15) is 10.7 Å². The second kappa shape index (κ2) is 7.21. The molecular weight excluding hydrogens is 361 g/mol. The Morgan fingerprint density at radius 1 is 1.16 bits per heavy atom. The lowest BCUT2D eigenvalue weighted by Gasteiger charge is -1.98. The van der Waals surface area contributed by atoms with E-state index in [1.54, 1.807) is 36.0 Å². The summed E-state index contributed by atoms with van der Waals surface area (Å²) in [6, 6.07) is 11.3. The van der Waals surface area contributed by atoms with E-state index in [9.17, 15) is 9.50 Å². The summed E-state index contributed by atoms with van der Waals surface area (Å²) in [5, 5.41) is 10.9. The first-order valence-corrected chi connectivity index (χ1v) is 8.63. The molecule has 0 radical (unpaired) electrons. The Bertz CT molecular complexity index is 1010. The largest absolute Gasteiger partial charge is 0.493 e. The Morgan fingerprint density at radius 2 is 1.84 bits per heavy atom. The van der Waals surface area contributed by atoms with E-state index in [2.05, 4.69) is 9.98 Å². The van der Waals surface area contributed by atoms with Crippen LogP contribution in [0.4, 0.5) is 15.8 Å². The van der Waals surface area contributed by atoms with Crippen molar-refractivity contribution in [3.05, 3.63) is 68.5 Å². The summed E-state index contributed by atoms with van der Waals surface area (Å²) < 4.78 is 14.5. The zero-order valence-electron chi connectivity index (χ0n) is 13.6. The second-order valence-corrected chi connectivity index (χ2v) is 6.83. The third-order valence-electron chi connectivity index (χ3n) is 3.56. The van der Waals surface area contributed by atoms with Gasteiger partial charge in [0.2, 0.25) is 5.88 Å². The maximum Gasteiger partial charge on any atom is 0.212 e. The number of aliphatic imine (C=N–C) groups is 1. The molecule has 2 aromatic carbocycles. The van der Waals surface area contributed by atoms with Crippen molar-refractivity contribution in [1.82, 2.24) is 4.57 Å². The Kier molecular flexibility index (Phi) is 5.01. The number of nitrogens with zero attached hydrogens (tertiary/aromatic N) is 3. The first kappa shape index (κ1) is 17.4. The van der Waals surface area contributed by atoms with Crippen molar-refractivity contribution in [1.29, 1.82) is 0 Å². The van der Waals surface area contributed by atoms with E-state index in [4.69, 9.17) is 11.6 Å². The van der Waals surface area contributed by atoms with Crippen LogP contribution >= 0.6 is 22.9 Å². The molecule has 0 bridgehead atoms. The molecule has 3 aromatic rings. The highest BCUT2D eigenvalue weighted by Crippen LogP contribution is 2.23. The summed E-state index contributed by atoms with van der Waals surface area (Å²) >= 11 is 7.37. The van der Waals surface area contributed by atoms with Gasteiger partial charge in [-0.1, -0.05) is 29.0 Å². The Morgan fingerprint density at radius 3 is 2.52 bits per heavy atom. The molecule has 1 heterocycles. The van der Waals surface area contributed by atoms with Crippen LogP contribution in [-0.4, -0.2) is 15.9 Å². The highest BCUT2D eigenvalue weighted by molar-refractivity contribution is 7.11. The van der Waals surface area contributed by atoms with Crippen molar-refractivity contribution in [3.8, 4) is 5.88 Å². The average Bonchev–Trinajstić information content (AvgIpc) is 2.86. The summed E-state index contributed by atoms with van der Waals surface area (Å²) in [7, 11) is 1.70. The van der Waals surface area contributed by atoms with Crippen LogP contribution in [0.3, 0.4) is 0 Å². The van der Waals surface area contributed by atoms with Crippen LogP contribution in [0.15, 0.2) is 52.4 Å². The van der Waals surface area contributed by atoms with E-state index in [0.29, 0.717) is 26.1 Å². The van der Waals surface area contributed by atoms with Gasteiger partial charge in [0, 0.05) is 12.1 Å². The van der Waals surface area contributed by atoms with Crippen LogP contribution in [-0.2, 0) is 7.05 Å². The predicted molar refractivity (Wildman–Crippen MR) is 100 cm³/mol. The van der Waals surface area contributed by atoms with Crippen molar-refractivity contribution < 1.29 is 9.50 Å². The van der Waals surface area contributed by atoms with Gasteiger partial charge in [0.05, 0.1) is 17.6 Å². The van der Waals surface area contributed by atoms with Crippen molar-refractivity contribution in [2.24, 2.45) is 17.0 Å². The number of hydrogen-bond acceptors (Lipinski definition) is 4. The lowest BCUT2D eigenvalue weighted by molar-refractivity contribution is 0.428. The monoisotopic (exact) mass is 375 g/mol. The highest BCUT2D eigenvalue weighted by Gasteiger charge is 2.08. The average molecular weight is 376 g/mol. The van der Waals surface area contributed by atoms with Gasteiger partial charge in [-0.3, -0.25) is 9.56 Å². The van der Waals surface area contributed by atoms with Gasteiger partial charge in [0.25, 0.3) is 0 Å². The van der Waals surface area contributed by atoms with E-state index in [-0.39, 0.29) is 11.7 Å². The van der Waals surface area contributed by atoms with E-state index in [1.807, 2.05) is 19.1 Å². The minimum absolute atomic E-state index is 0.0628. The molecule has 1 N–H and O–H groups in total. The number of benzene rings is 2. The quantitative estimate of drug-likeness (QED) is 0.652. The van der Waals surface area contributed by atoms with Crippen molar-refractivity contribution in [3.63, 3.8) is 0 Å². The van der Waals surface area contributed by atoms with Crippen LogP contribution in [0.5, 0.6) is 5.88 Å². The maximum atomic E-state index is 13.0. The molecule has 3 rings (SSSR count). The van der Waals surface area contributed by atoms with Crippen LogP contribution < -0.4 is 4.80 Å². The summed E-state index contributed by atoms with van der Waals surface area (Å²) in [5.74, 6) is -0.255. The van der Waals surface area contributed by atoms with E-state index < -0.39 is 0 Å². The van der Waals surface area contributed by atoms with E-state index in [1.165, 1.54) is 23.5 Å². The van der Waals surface area contributed by atoms with Gasteiger partial charge in [-0.2, -0.15) is 0 Å². The van der Waals surface area contributed by atoms with Crippen molar-refractivity contribution >= 4 is 40.5 Å². The molecule has 0 spiro atoms. The number of aryl methyl sites for hydroxylation is 1. The summed E-state index contributed by atoms with van der Waals surface area (Å²) in [6.45, 7) is 1.92. The molecule has 0 saturated heterocycles. The third-order valence-corrected chi connectivity index (χ3v) is 5.03. The Labute approximate surface area is 153 Å². The molecule has 0 fully saturated rings. The fraction of sp³-hybridized carbons (Fsp3) is 0.111. The summed E-state index contributed by atoms with van der Waals surface area (Å²) in [6.07, 6.45) is 1.57. The Balaban J connectivity index is 1.94. The molecule has 0 aliphatic rings. The molecule has 1 aromatic heterocycles. The SMILES string of the molecule is Cc1ccc(N=Cc2sc(=Nc3ccc(F)cc3)n(C)c2O)cc1Cl. The number of hydrogen-bond donors (Lipinski definition) is 1. The van der Waals surface area contributed by atoms with E-state index >= 15 is 0 Å². The number of aromatic hydroxyl groups is 1. The Hall–Kier alpha value is -2.44. The maximum absolute atomic E-state index is 13.0. The van der Waals surface area contributed by atoms with Gasteiger partial charge >= 0.3 is 0 Å². The first-order chi connectivity index (χ1) is 11.9. The molecule has 128 valence electrons. The van der Waals surface area contributed by atoms with Gasteiger partial charge in [-0.15, -0.1) is 0 Å². The topological polar surface area (TPSA) is 49.9 Å². The van der Waals surface area contributed by atoms with Crippen molar-refractivity contribution in [2.75, 3.05) is 0 Å². The van der Waals surface area contributed by atoms with Gasteiger partial charge in [0.15, 0.2) is 4.80 Å². The van der Waals surface area contributed by atoms with Crippen LogP contribution in [0, 0.1) is 12.7 Å². The number of aromatic nitrogens is 1. The van der Waals surface area contributed by atoms with Gasteiger partial charge < -0.3 is 5.11 Å². The normalized spacial score (nSPS) is 12.2. The standard InChI is InChI=1S/C18H15ClFN3OS/c1-11-3-6-14(9-15(11)19)21-10-16-17(24)23(2)18(25-16)22-13-7-4-12(20)5-8-13/h3-10,24H,1-2H3. The molecule has 25 heavy (non-hydrogen) atoms. The van der Waals surface area contributed by atoms with Crippen LogP contribution in [0.25, 0.3) is 0 Å². The fourth-order valence-corrected chi connectivity index (χ4v) is 3.15. The molecule has 4 nitrogen and oxygen atoms in total. The number of halogens is 2. The van der Waals surface area contributed by atoms with E-state index in [0.717, 1.165) is 5.56 Å². The second-order valence-electron chi connectivity index (χ2n) is 5.41. The van der Waals surface area contributed by atoms with Crippen LogP contribution in [0.2, 0.25) is 5.02 Å². The molecule has 0 aliphatic carbocycles. The van der Waals surface area contributed by atoms with Gasteiger partial charge in [-0.05, 0) is 48.9 Å². The molecule has 0 saturated carbocycles. The highest BCUT2D eigenvalue weighted by atomic mass is 35.5. The lowest BCUT2D eigenvalue weighted by atomic mass is 10.2. The molecule has 0 atom stereocenters. The molecular formula is C18H15ClFN3OS. The predicted octanol–water partition coefficient (Wildman–Crippen LogP) is 4.88. The summed E-state index contributed by atoms with van der Waals surface area (Å²) in [4.78, 5) is 9.91.